The molecule has 1 rings (SSSR count). The minimum Gasteiger partial charge on any atom is -0.481 e. The van der Waals surface area contributed by atoms with Crippen LogP contribution in [0.2, 0.25) is 0 Å². The van der Waals surface area contributed by atoms with Gasteiger partial charge in [-0.15, -0.1) is 0 Å². The fourth-order valence-electron chi connectivity index (χ4n) is 1.78. The number of amides is 2. The third kappa shape index (κ3) is 6.21. The number of aromatic amines is 1. The molecule has 2 amide bonds. The van der Waals surface area contributed by atoms with Gasteiger partial charge in [0, 0.05) is 31.8 Å². The Hall–Kier alpha value is -2.05. The molecule has 1 aromatic heterocycles. The summed E-state index contributed by atoms with van der Waals surface area (Å²) in [6, 6.07) is -0.142. The first-order valence-corrected chi connectivity index (χ1v) is 6.67. The average Bonchev–Trinajstić information content (AvgIpc) is 2.89. The van der Waals surface area contributed by atoms with E-state index >= 15 is 0 Å². The van der Waals surface area contributed by atoms with Gasteiger partial charge in [0.2, 0.25) is 0 Å². The number of nitrogens with zero attached hydrogens (tertiary/aromatic N) is 2. The van der Waals surface area contributed by atoms with Gasteiger partial charge in [-0.3, -0.25) is 9.89 Å². The topological polar surface area (TPSA) is 98.3 Å². The second-order valence-corrected chi connectivity index (χ2v) is 5.02. The molecule has 0 spiro atoms. The molecule has 112 valence electrons. The van der Waals surface area contributed by atoms with Crippen LogP contribution in [0.1, 0.15) is 31.7 Å². The predicted molar refractivity (Wildman–Crippen MR) is 74.1 cm³/mol. The Labute approximate surface area is 118 Å². The molecule has 0 aliphatic rings. The summed E-state index contributed by atoms with van der Waals surface area (Å²) in [5, 5.41) is 17.9. The lowest BCUT2D eigenvalue weighted by molar-refractivity contribution is -0.137. The first-order valence-electron chi connectivity index (χ1n) is 6.67. The fraction of sp³-hybridized carbons (Fsp3) is 0.615. The lowest BCUT2D eigenvalue weighted by Crippen LogP contribution is -2.37. The standard InChI is InChI=1S/C13H22N4O3/c1-10(3-4-12(18)19)5-6-14-13(20)17(2)9-11-7-15-16-8-11/h7-8,10H,3-6,9H2,1-2H3,(H,14,20)(H,15,16)(H,18,19). The number of aromatic nitrogens is 2. The Balaban J connectivity index is 2.17. The third-order valence-electron chi connectivity index (χ3n) is 3.09. The van der Waals surface area contributed by atoms with Crippen LogP contribution in [-0.2, 0) is 11.3 Å². The van der Waals surface area contributed by atoms with Crippen molar-refractivity contribution in [3.05, 3.63) is 18.0 Å². The zero-order chi connectivity index (χ0) is 15.0. The van der Waals surface area contributed by atoms with Gasteiger partial charge in [0.25, 0.3) is 0 Å². The quantitative estimate of drug-likeness (QED) is 0.672. The van der Waals surface area contributed by atoms with Crippen molar-refractivity contribution < 1.29 is 14.7 Å². The lowest BCUT2D eigenvalue weighted by atomic mass is 10.0. The van der Waals surface area contributed by atoms with Crippen molar-refractivity contribution in [2.24, 2.45) is 5.92 Å². The second-order valence-electron chi connectivity index (χ2n) is 5.02. The number of carboxylic acid groups (broad SMARTS) is 1. The largest absolute Gasteiger partial charge is 0.481 e. The van der Waals surface area contributed by atoms with Gasteiger partial charge in [-0.2, -0.15) is 5.10 Å². The maximum Gasteiger partial charge on any atom is 0.317 e. The van der Waals surface area contributed by atoms with Crippen molar-refractivity contribution in [3.8, 4) is 0 Å². The van der Waals surface area contributed by atoms with Gasteiger partial charge in [0.1, 0.15) is 0 Å². The van der Waals surface area contributed by atoms with Crippen molar-refractivity contribution in [1.29, 1.82) is 0 Å². The first-order chi connectivity index (χ1) is 9.49. The number of rotatable bonds is 8. The van der Waals surface area contributed by atoms with Crippen LogP contribution in [-0.4, -0.2) is 45.8 Å². The van der Waals surface area contributed by atoms with E-state index in [4.69, 9.17) is 5.11 Å². The normalized spacial score (nSPS) is 11.9. The molecule has 0 radical (unpaired) electrons. The van der Waals surface area contributed by atoms with Gasteiger partial charge >= 0.3 is 12.0 Å². The van der Waals surface area contributed by atoms with Gasteiger partial charge < -0.3 is 15.3 Å². The summed E-state index contributed by atoms with van der Waals surface area (Å²) in [6.07, 6.45) is 5.01. The molecular weight excluding hydrogens is 260 g/mol. The van der Waals surface area contributed by atoms with Crippen molar-refractivity contribution in [2.45, 2.75) is 32.7 Å². The Morgan fingerprint density at radius 1 is 1.50 bits per heavy atom. The molecule has 0 saturated heterocycles. The van der Waals surface area contributed by atoms with E-state index in [1.165, 1.54) is 0 Å². The molecule has 1 atom stereocenters. The summed E-state index contributed by atoms with van der Waals surface area (Å²) in [6.45, 7) is 3.04. The van der Waals surface area contributed by atoms with Crippen LogP contribution in [0.25, 0.3) is 0 Å². The Morgan fingerprint density at radius 3 is 2.85 bits per heavy atom. The van der Waals surface area contributed by atoms with Crippen LogP contribution in [0.5, 0.6) is 0 Å². The number of carboxylic acids is 1. The monoisotopic (exact) mass is 282 g/mol. The SMILES string of the molecule is CC(CCNC(=O)N(C)Cc1cn[nH]c1)CCC(=O)O. The number of carbonyl (C=O) groups excluding carboxylic acids is 1. The molecule has 0 aliphatic carbocycles. The van der Waals surface area contributed by atoms with E-state index < -0.39 is 5.97 Å². The molecular formula is C13H22N4O3. The number of nitrogens with one attached hydrogen (secondary N) is 2. The average molecular weight is 282 g/mol. The van der Waals surface area contributed by atoms with Crippen LogP contribution in [0.4, 0.5) is 4.79 Å². The summed E-state index contributed by atoms with van der Waals surface area (Å²) in [4.78, 5) is 23.8. The molecule has 7 heteroatoms. The molecule has 7 nitrogen and oxygen atoms in total. The highest BCUT2D eigenvalue weighted by Crippen LogP contribution is 2.09. The number of hydrogen-bond donors (Lipinski definition) is 3. The molecule has 1 unspecified atom stereocenters. The summed E-state index contributed by atoms with van der Waals surface area (Å²) in [5.74, 6) is -0.494. The van der Waals surface area contributed by atoms with Gasteiger partial charge in [0.05, 0.1) is 12.7 Å². The van der Waals surface area contributed by atoms with Crippen LogP contribution in [0.3, 0.4) is 0 Å². The minimum atomic E-state index is -0.777. The maximum absolute atomic E-state index is 11.8. The predicted octanol–water partition coefficient (Wildman–Crippen LogP) is 1.44. The number of H-pyrrole nitrogens is 1. The summed E-state index contributed by atoms with van der Waals surface area (Å²) in [5.41, 5.74) is 0.942. The number of aliphatic carboxylic acids is 1. The highest BCUT2D eigenvalue weighted by molar-refractivity contribution is 5.73. The van der Waals surface area contributed by atoms with Crippen LogP contribution in [0.15, 0.2) is 12.4 Å². The van der Waals surface area contributed by atoms with Crippen molar-refractivity contribution >= 4 is 12.0 Å². The van der Waals surface area contributed by atoms with Gasteiger partial charge in [-0.1, -0.05) is 6.92 Å². The van der Waals surface area contributed by atoms with Gasteiger partial charge in [0.15, 0.2) is 0 Å². The Kier molecular flexibility index (Phi) is 6.55. The fourth-order valence-corrected chi connectivity index (χ4v) is 1.78. The highest BCUT2D eigenvalue weighted by atomic mass is 16.4. The zero-order valence-electron chi connectivity index (χ0n) is 11.9. The van der Waals surface area contributed by atoms with Crippen molar-refractivity contribution in [3.63, 3.8) is 0 Å². The Morgan fingerprint density at radius 2 is 2.25 bits per heavy atom. The summed E-state index contributed by atoms with van der Waals surface area (Å²) >= 11 is 0. The lowest BCUT2D eigenvalue weighted by Gasteiger charge is -2.18. The van der Waals surface area contributed by atoms with E-state index in [0.29, 0.717) is 19.5 Å². The molecule has 1 aromatic rings. The van der Waals surface area contributed by atoms with E-state index in [9.17, 15) is 9.59 Å². The van der Waals surface area contributed by atoms with Crippen LogP contribution in [0, 0.1) is 5.92 Å². The Bertz CT molecular complexity index is 419. The number of urea groups is 1. The highest BCUT2D eigenvalue weighted by Gasteiger charge is 2.10. The molecule has 0 bridgehead atoms. The molecule has 3 N–H and O–H groups in total. The summed E-state index contributed by atoms with van der Waals surface area (Å²) < 4.78 is 0. The van der Waals surface area contributed by atoms with Crippen molar-refractivity contribution in [2.75, 3.05) is 13.6 Å². The van der Waals surface area contributed by atoms with Gasteiger partial charge in [-0.25, -0.2) is 4.79 Å². The third-order valence-corrected chi connectivity index (χ3v) is 3.09. The van der Waals surface area contributed by atoms with E-state index in [-0.39, 0.29) is 18.4 Å². The van der Waals surface area contributed by atoms with E-state index in [1.54, 1.807) is 24.3 Å². The first kappa shape index (κ1) is 16.0. The second kappa shape index (κ2) is 8.19. The van der Waals surface area contributed by atoms with E-state index in [2.05, 4.69) is 15.5 Å². The minimum absolute atomic E-state index is 0.142. The molecule has 0 saturated carbocycles. The zero-order valence-corrected chi connectivity index (χ0v) is 11.9. The molecule has 0 aliphatic heterocycles. The number of carbonyl (C=O) groups is 2. The molecule has 1 heterocycles. The van der Waals surface area contributed by atoms with E-state index in [0.717, 1.165) is 12.0 Å². The van der Waals surface area contributed by atoms with Gasteiger partial charge in [-0.05, 0) is 18.8 Å². The smallest absolute Gasteiger partial charge is 0.317 e. The summed E-state index contributed by atoms with van der Waals surface area (Å²) in [7, 11) is 1.72. The molecule has 0 aromatic carbocycles. The van der Waals surface area contributed by atoms with E-state index in [1.807, 2.05) is 6.92 Å². The van der Waals surface area contributed by atoms with Crippen molar-refractivity contribution in [1.82, 2.24) is 20.4 Å². The number of hydrogen-bond acceptors (Lipinski definition) is 3. The molecule has 0 fully saturated rings. The van der Waals surface area contributed by atoms with Crippen LogP contribution >= 0.6 is 0 Å². The maximum atomic E-state index is 11.8. The molecule has 20 heavy (non-hydrogen) atoms. The van der Waals surface area contributed by atoms with Crippen LogP contribution < -0.4 is 5.32 Å².